The van der Waals surface area contributed by atoms with Gasteiger partial charge in [0.1, 0.15) is 0 Å². The summed E-state index contributed by atoms with van der Waals surface area (Å²) >= 11 is 5.80. The quantitative estimate of drug-likeness (QED) is 0.584. The van der Waals surface area contributed by atoms with E-state index < -0.39 is 0 Å². The van der Waals surface area contributed by atoms with Crippen LogP contribution in [-0.4, -0.2) is 58.4 Å². The maximum absolute atomic E-state index is 12.3. The van der Waals surface area contributed by atoms with Gasteiger partial charge in [0.2, 0.25) is 0 Å². The Morgan fingerprint density at radius 1 is 1.35 bits per heavy atom. The molecular formula is C16H17ClN2O3Se. The fourth-order valence-electron chi connectivity index (χ4n) is 2.34. The summed E-state index contributed by atoms with van der Waals surface area (Å²) in [6, 6.07) is 7.39. The van der Waals surface area contributed by atoms with Gasteiger partial charge in [-0.15, -0.1) is 0 Å². The molecule has 23 heavy (non-hydrogen) atoms. The van der Waals surface area contributed by atoms with Crippen LogP contribution in [0, 0.1) is 0 Å². The molecule has 0 atom stereocenters. The average molecular weight is 400 g/mol. The molecule has 1 aromatic heterocycles. The second-order valence-electron chi connectivity index (χ2n) is 5.00. The summed E-state index contributed by atoms with van der Waals surface area (Å²) < 4.78 is 12.2. The number of hydrogen-bond acceptors (Lipinski definition) is 5. The van der Waals surface area contributed by atoms with Crippen molar-refractivity contribution in [3.8, 4) is 11.3 Å². The Hall–Kier alpha value is -1.33. The van der Waals surface area contributed by atoms with Gasteiger partial charge in [0.25, 0.3) is 0 Å². The summed E-state index contributed by atoms with van der Waals surface area (Å²) in [7, 11) is 0. The molecule has 122 valence electrons. The molecule has 3 rings (SSSR count). The molecule has 1 saturated heterocycles. The zero-order chi connectivity index (χ0) is 16.2. The SMILES string of the molecule is CCOC(=O)c1[se]c(N2CCOCC2)nc1-c1ccc(Cl)cc1. The van der Waals surface area contributed by atoms with Crippen LogP contribution in [0.5, 0.6) is 0 Å². The minimum absolute atomic E-state index is 0.154. The molecule has 2 heterocycles. The zero-order valence-corrected chi connectivity index (χ0v) is 15.2. The van der Waals surface area contributed by atoms with Gasteiger partial charge in [0.05, 0.1) is 0 Å². The van der Waals surface area contributed by atoms with E-state index in [1.54, 1.807) is 0 Å². The van der Waals surface area contributed by atoms with E-state index in [0.29, 0.717) is 35.0 Å². The molecule has 0 radical (unpaired) electrons. The number of anilines is 1. The van der Waals surface area contributed by atoms with E-state index in [4.69, 9.17) is 26.1 Å². The number of halogens is 1. The van der Waals surface area contributed by atoms with Crippen LogP contribution in [0.3, 0.4) is 0 Å². The summed E-state index contributed by atoms with van der Waals surface area (Å²) in [5.41, 5.74) is 1.60. The van der Waals surface area contributed by atoms with E-state index in [9.17, 15) is 4.79 Å². The summed E-state index contributed by atoms with van der Waals surface area (Å²) in [6.07, 6.45) is 0. The second-order valence-corrected chi connectivity index (χ2v) is 7.49. The molecule has 0 aliphatic carbocycles. The third-order valence-corrected chi connectivity index (χ3v) is 6.03. The van der Waals surface area contributed by atoms with Crippen molar-refractivity contribution in [1.29, 1.82) is 0 Å². The molecule has 1 aliphatic rings. The Morgan fingerprint density at radius 3 is 2.70 bits per heavy atom. The second kappa shape index (κ2) is 7.49. The fraction of sp³-hybridized carbons (Fsp3) is 0.375. The van der Waals surface area contributed by atoms with Crippen LogP contribution in [0.15, 0.2) is 24.3 Å². The van der Waals surface area contributed by atoms with Crippen molar-refractivity contribution < 1.29 is 14.3 Å². The van der Waals surface area contributed by atoms with Crippen LogP contribution < -0.4 is 4.90 Å². The number of esters is 1. The van der Waals surface area contributed by atoms with Gasteiger partial charge in [-0.1, -0.05) is 0 Å². The zero-order valence-electron chi connectivity index (χ0n) is 12.8. The van der Waals surface area contributed by atoms with Crippen LogP contribution in [-0.2, 0) is 9.47 Å². The number of rotatable bonds is 4. The van der Waals surface area contributed by atoms with Crippen LogP contribution in [0.25, 0.3) is 11.3 Å². The topological polar surface area (TPSA) is 51.7 Å². The molecule has 0 unspecified atom stereocenters. The van der Waals surface area contributed by atoms with Gasteiger partial charge < -0.3 is 0 Å². The van der Waals surface area contributed by atoms with Crippen molar-refractivity contribution in [2.24, 2.45) is 0 Å². The van der Waals surface area contributed by atoms with E-state index in [0.717, 1.165) is 23.3 Å². The van der Waals surface area contributed by atoms with E-state index >= 15 is 0 Å². The van der Waals surface area contributed by atoms with Gasteiger partial charge in [0.15, 0.2) is 0 Å². The minimum atomic E-state index is -0.274. The number of aromatic nitrogens is 1. The first kappa shape index (κ1) is 16.5. The maximum atomic E-state index is 12.3. The van der Waals surface area contributed by atoms with Crippen LogP contribution >= 0.6 is 11.6 Å². The fourth-order valence-corrected chi connectivity index (χ4v) is 4.63. The molecule has 0 saturated carbocycles. The third kappa shape index (κ3) is 3.78. The molecule has 0 bridgehead atoms. The number of ether oxygens (including phenoxy) is 2. The summed E-state index contributed by atoms with van der Waals surface area (Å²) in [4.78, 5) is 19.3. The van der Waals surface area contributed by atoms with Gasteiger partial charge in [-0.25, -0.2) is 0 Å². The number of morpholine rings is 1. The Balaban J connectivity index is 1.99. The molecule has 1 fully saturated rings. The molecule has 1 aliphatic heterocycles. The van der Waals surface area contributed by atoms with Crippen molar-refractivity contribution in [1.82, 2.24) is 4.98 Å². The van der Waals surface area contributed by atoms with Crippen molar-refractivity contribution in [2.45, 2.75) is 6.92 Å². The normalized spacial score (nSPS) is 14.8. The van der Waals surface area contributed by atoms with Crippen molar-refractivity contribution in [2.75, 3.05) is 37.8 Å². The molecular weight excluding hydrogens is 383 g/mol. The van der Waals surface area contributed by atoms with Crippen LogP contribution in [0.4, 0.5) is 4.69 Å². The van der Waals surface area contributed by atoms with Gasteiger partial charge in [-0.3, -0.25) is 0 Å². The number of carbonyl (C=O) groups excluding carboxylic acids is 1. The van der Waals surface area contributed by atoms with Gasteiger partial charge >= 0.3 is 146 Å². The number of carbonyl (C=O) groups is 1. The first-order valence-corrected chi connectivity index (χ1v) is 9.54. The molecule has 0 N–H and O–H groups in total. The summed E-state index contributed by atoms with van der Waals surface area (Å²) in [5, 5.41) is 0.660. The Morgan fingerprint density at radius 2 is 2.04 bits per heavy atom. The van der Waals surface area contributed by atoms with Gasteiger partial charge in [-0.05, 0) is 0 Å². The number of nitrogens with zero attached hydrogens (tertiary/aromatic N) is 2. The standard InChI is InChI=1S/C16H17ClN2O3Se/c1-2-22-15(20)14-13(11-3-5-12(17)6-4-11)18-16(23-14)19-7-9-21-10-8-19/h3-6H,2,7-10H2,1H3. The van der Waals surface area contributed by atoms with E-state index in [1.807, 2.05) is 31.2 Å². The number of benzene rings is 1. The first-order valence-electron chi connectivity index (χ1n) is 7.45. The Labute approximate surface area is 145 Å². The van der Waals surface area contributed by atoms with Gasteiger partial charge in [0, 0.05) is 0 Å². The molecule has 7 heteroatoms. The molecule has 0 amide bonds. The summed E-state index contributed by atoms with van der Waals surface area (Å²) in [5.74, 6) is -0.274. The summed E-state index contributed by atoms with van der Waals surface area (Å²) in [6.45, 7) is 5.18. The Bertz CT molecular complexity index is 681. The van der Waals surface area contributed by atoms with E-state index in [-0.39, 0.29) is 20.5 Å². The van der Waals surface area contributed by atoms with Gasteiger partial charge in [-0.2, -0.15) is 0 Å². The van der Waals surface area contributed by atoms with E-state index in [2.05, 4.69) is 4.90 Å². The predicted octanol–water partition coefficient (Wildman–Crippen LogP) is 2.47. The van der Waals surface area contributed by atoms with Crippen molar-refractivity contribution >= 4 is 36.8 Å². The van der Waals surface area contributed by atoms with Crippen molar-refractivity contribution in [3.05, 3.63) is 33.7 Å². The predicted molar refractivity (Wildman–Crippen MR) is 90.6 cm³/mol. The average Bonchev–Trinajstić information content (AvgIpc) is 3.02. The van der Waals surface area contributed by atoms with E-state index in [1.165, 1.54) is 0 Å². The van der Waals surface area contributed by atoms with Crippen LogP contribution in [0.2, 0.25) is 5.02 Å². The Kier molecular flexibility index (Phi) is 5.38. The third-order valence-electron chi connectivity index (χ3n) is 3.48. The molecule has 0 spiro atoms. The number of hydrogen-bond donors (Lipinski definition) is 0. The molecule has 5 nitrogen and oxygen atoms in total. The molecule has 2 aromatic rings. The van der Waals surface area contributed by atoms with Crippen LogP contribution in [0.1, 0.15) is 16.2 Å². The van der Waals surface area contributed by atoms with Crippen molar-refractivity contribution in [3.63, 3.8) is 0 Å². The molecule has 1 aromatic carbocycles. The first-order chi connectivity index (χ1) is 11.2. The monoisotopic (exact) mass is 400 g/mol.